The summed E-state index contributed by atoms with van der Waals surface area (Å²) in [6.07, 6.45) is 10.2. The molecule has 43 heavy (non-hydrogen) atoms. The Balaban J connectivity index is 1.77. The van der Waals surface area contributed by atoms with Crippen molar-refractivity contribution in [2.24, 2.45) is 23.7 Å². The number of carboxylic acids is 4. The second-order valence-electron chi connectivity index (χ2n) is 12.9. The number of rotatable bonds is 12. The van der Waals surface area contributed by atoms with Crippen molar-refractivity contribution >= 4 is 39.8 Å². The van der Waals surface area contributed by atoms with Crippen LogP contribution in [0.15, 0.2) is 0 Å². The summed E-state index contributed by atoms with van der Waals surface area (Å²) in [5, 5.41) is 47.4. The van der Waals surface area contributed by atoms with Crippen LogP contribution in [0.25, 0.3) is 0 Å². The van der Waals surface area contributed by atoms with Crippen molar-refractivity contribution in [3.63, 3.8) is 0 Å². The van der Waals surface area contributed by atoms with E-state index in [1.54, 1.807) is 19.6 Å². The molecule has 2 aliphatic carbocycles. The number of hydrogen-bond acceptors (Lipinski definition) is 12. The minimum atomic E-state index is -1.28. The Morgan fingerprint density at radius 1 is 0.581 bits per heavy atom. The van der Waals surface area contributed by atoms with Gasteiger partial charge in [-0.15, -0.1) is 0 Å². The van der Waals surface area contributed by atoms with Gasteiger partial charge >= 0.3 is 0 Å². The van der Waals surface area contributed by atoms with Gasteiger partial charge in [0, 0.05) is 83.4 Å². The van der Waals surface area contributed by atoms with Crippen molar-refractivity contribution < 1.29 is 39.6 Å². The Morgan fingerprint density at radius 3 is 1.63 bits per heavy atom. The van der Waals surface area contributed by atoms with Gasteiger partial charge in [-0.2, -0.15) is 0 Å². The summed E-state index contributed by atoms with van der Waals surface area (Å²) in [6, 6.07) is -0.315. The summed E-state index contributed by atoms with van der Waals surface area (Å²) in [5.74, 6) is -2.52. The molecular formula is C30H47BrN4O8-4. The van der Waals surface area contributed by atoms with Crippen LogP contribution in [0.4, 0.5) is 0 Å². The molecule has 3 aliphatic rings. The van der Waals surface area contributed by atoms with Crippen LogP contribution in [0.3, 0.4) is 0 Å². The molecule has 0 bridgehead atoms. The van der Waals surface area contributed by atoms with Gasteiger partial charge in [0.2, 0.25) is 0 Å². The molecule has 3 fully saturated rings. The van der Waals surface area contributed by atoms with Crippen molar-refractivity contribution in [1.82, 2.24) is 19.6 Å². The van der Waals surface area contributed by atoms with Crippen LogP contribution in [-0.4, -0.2) is 127 Å². The first kappa shape index (κ1) is 35.7. The number of nitrogens with zero attached hydrogens (tertiary/aromatic N) is 4. The molecule has 3 unspecified atom stereocenters. The number of carboxylic acid groups (broad SMARTS) is 4. The lowest BCUT2D eigenvalue weighted by molar-refractivity contribution is -0.309. The minimum absolute atomic E-state index is 0.213. The first-order valence-corrected chi connectivity index (χ1v) is 16.9. The van der Waals surface area contributed by atoms with E-state index in [1.165, 1.54) is 25.7 Å². The van der Waals surface area contributed by atoms with E-state index in [4.69, 9.17) is 0 Å². The summed E-state index contributed by atoms with van der Waals surface area (Å²) in [6.45, 7) is 0.113. The molecule has 0 aromatic heterocycles. The Hall–Kier alpha value is -1.80. The predicted octanol–water partition coefficient (Wildman–Crippen LogP) is -3.03. The van der Waals surface area contributed by atoms with E-state index < -0.39 is 23.9 Å². The maximum atomic E-state index is 11.9. The molecule has 0 aromatic rings. The van der Waals surface area contributed by atoms with Gasteiger partial charge in [0.15, 0.2) is 0 Å². The highest BCUT2D eigenvalue weighted by atomic mass is 79.9. The molecule has 13 heteroatoms. The molecule has 3 rings (SSSR count). The standard InChI is InChI=1S/C30H51BrN4O8/c31-16-23-2-1-3-25(14-23)24-6-4-22(5-7-24)15-26-17-34(20-29(40)41)11-10-32(18-27(36)37)8-9-33(19-28(38)39)12-13-35(26)21-30(42)43/h22-26H,1-21H2,(H,36,37)(H,38,39)(H,40,41)(H,42,43)/p-4. The summed E-state index contributed by atoms with van der Waals surface area (Å²) in [7, 11) is 0. The molecule has 2 saturated carbocycles. The molecule has 0 spiro atoms. The molecule has 0 radical (unpaired) electrons. The lowest BCUT2D eigenvalue weighted by Gasteiger charge is -2.42. The van der Waals surface area contributed by atoms with Gasteiger partial charge in [0.25, 0.3) is 0 Å². The smallest absolute Gasteiger partial charge is 0.0555 e. The zero-order chi connectivity index (χ0) is 31.4. The fourth-order valence-corrected chi connectivity index (χ4v) is 8.12. The fourth-order valence-electron chi connectivity index (χ4n) is 7.53. The third kappa shape index (κ3) is 13.0. The third-order valence-electron chi connectivity index (χ3n) is 9.75. The molecule has 12 nitrogen and oxygen atoms in total. The monoisotopic (exact) mass is 670 g/mol. The molecule has 1 saturated heterocycles. The number of hydrogen-bond donors (Lipinski definition) is 0. The van der Waals surface area contributed by atoms with E-state index in [2.05, 4.69) is 15.9 Å². The number of alkyl halides is 1. The van der Waals surface area contributed by atoms with Crippen LogP contribution < -0.4 is 20.4 Å². The second-order valence-corrected chi connectivity index (χ2v) is 13.5. The topological polar surface area (TPSA) is 173 Å². The summed E-state index contributed by atoms with van der Waals surface area (Å²) in [5.41, 5.74) is 0. The maximum absolute atomic E-state index is 11.9. The van der Waals surface area contributed by atoms with E-state index in [0.717, 1.165) is 42.8 Å². The molecule has 3 atom stereocenters. The lowest BCUT2D eigenvalue weighted by Crippen LogP contribution is -2.55. The van der Waals surface area contributed by atoms with Crippen molar-refractivity contribution in [2.45, 2.75) is 63.8 Å². The number of halogens is 1. The first-order valence-electron chi connectivity index (χ1n) is 15.8. The Labute approximate surface area is 263 Å². The Kier molecular flexibility index (Phi) is 15.1. The van der Waals surface area contributed by atoms with Crippen LogP contribution >= 0.6 is 15.9 Å². The van der Waals surface area contributed by atoms with Crippen molar-refractivity contribution in [2.75, 3.05) is 77.3 Å². The number of carbonyl (C=O) groups is 4. The van der Waals surface area contributed by atoms with E-state index in [1.807, 2.05) is 0 Å². The van der Waals surface area contributed by atoms with Gasteiger partial charge in [-0.1, -0.05) is 41.6 Å². The van der Waals surface area contributed by atoms with E-state index in [9.17, 15) is 39.6 Å². The predicted molar refractivity (Wildman–Crippen MR) is 154 cm³/mol. The lowest BCUT2D eigenvalue weighted by atomic mass is 9.68. The first-order chi connectivity index (χ1) is 20.5. The van der Waals surface area contributed by atoms with Gasteiger partial charge < -0.3 is 39.6 Å². The van der Waals surface area contributed by atoms with Crippen molar-refractivity contribution in [3.05, 3.63) is 0 Å². The average molecular weight is 672 g/mol. The molecule has 1 aliphatic heterocycles. The summed E-state index contributed by atoms with van der Waals surface area (Å²) >= 11 is 3.67. The summed E-state index contributed by atoms with van der Waals surface area (Å²) in [4.78, 5) is 53.1. The van der Waals surface area contributed by atoms with Gasteiger partial charge in [0.05, 0.1) is 23.9 Å². The van der Waals surface area contributed by atoms with Crippen molar-refractivity contribution in [3.8, 4) is 0 Å². The molecule has 0 N–H and O–H groups in total. The Morgan fingerprint density at radius 2 is 1.09 bits per heavy atom. The molecule has 1 heterocycles. The largest absolute Gasteiger partial charge is 0.549 e. The van der Waals surface area contributed by atoms with Crippen molar-refractivity contribution in [1.29, 1.82) is 0 Å². The van der Waals surface area contributed by atoms with E-state index in [-0.39, 0.29) is 78.0 Å². The quantitative estimate of drug-likeness (QED) is 0.193. The highest BCUT2D eigenvalue weighted by Gasteiger charge is 2.33. The summed E-state index contributed by atoms with van der Waals surface area (Å²) < 4.78 is 0. The maximum Gasteiger partial charge on any atom is 0.0555 e. The third-order valence-corrected chi connectivity index (χ3v) is 10.7. The highest BCUT2D eigenvalue weighted by Crippen LogP contribution is 2.43. The fraction of sp³-hybridized carbons (Fsp3) is 0.867. The Bertz CT molecular complexity index is 919. The second kappa shape index (κ2) is 18.2. The van der Waals surface area contributed by atoms with Crippen LogP contribution in [0.1, 0.15) is 57.8 Å². The van der Waals surface area contributed by atoms with Gasteiger partial charge in [-0.3, -0.25) is 19.6 Å². The zero-order valence-electron chi connectivity index (χ0n) is 25.2. The van der Waals surface area contributed by atoms with Gasteiger partial charge in [-0.05, 0) is 55.8 Å². The SMILES string of the molecule is O=C([O-])CN1CCN(CC(=O)[O-])CCN(CC(=O)[O-])C(CC2CCC(C3CCCC(CBr)C3)CC2)CN(CC(=O)[O-])CC1. The molecule has 246 valence electrons. The number of carbonyl (C=O) groups excluding carboxylic acids is 4. The molecule has 0 aromatic carbocycles. The normalized spacial score (nSPS) is 29.7. The van der Waals surface area contributed by atoms with Gasteiger partial charge in [-0.25, -0.2) is 0 Å². The number of aliphatic carboxylic acids is 4. The van der Waals surface area contributed by atoms with Crippen LogP contribution in [0, 0.1) is 23.7 Å². The average Bonchev–Trinajstić information content (AvgIpc) is 2.94. The zero-order valence-corrected chi connectivity index (χ0v) is 26.8. The molecule has 0 amide bonds. The minimum Gasteiger partial charge on any atom is -0.549 e. The molecular weight excluding hydrogens is 624 g/mol. The van der Waals surface area contributed by atoms with Crippen LogP contribution in [0.5, 0.6) is 0 Å². The van der Waals surface area contributed by atoms with E-state index >= 15 is 0 Å². The van der Waals surface area contributed by atoms with Crippen LogP contribution in [0.2, 0.25) is 0 Å². The van der Waals surface area contributed by atoms with Crippen LogP contribution in [-0.2, 0) is 19.2 Å². The van der Waals surface area contributed by atoms with Gasteiger partial charge in [0.1, 0.15) is 0 Å². The highest BCUT2D eigenvalue weighted by molar-refractivity contribution is 9.09. The van der Waals surface area contributed by atoms with E-state index in [0.29, 0.717) is 18.3 Å².